The van der Waals surface area contributed by atoms with Crippen LogP contribution >= 0.6 is 27.3 Å². The zero-order valence-electron chi connectivity index (χ0n) is 12.4. The standard InChI is InChI=1S/C15H21BrN2OS/c1-5-11-13(16)12(18(6-2)17-11)9-15(4,19)14-10(3)7-8-20-14/h7-8,19H,5-6,9H2,1-4H3. The highest BCUT2D eigenvalue weighted by Gasteiger charge is 2.30. The van der Waals surface area contributed by atoms with E-state index in [1.807, 2.05) is 23.9 Å². The third-order valence-electron chi connectivity index (χ3n) is 3.56. The first kappa shape index (κ1) is 15.7. The van der Waals surface area contributed by atoms with E-state index in [0.29, 0.717) is 6.42 Å². The first-order chi connectivity index (χ1) is 9.40. The Morgan fingerprint density at radius 1 is 1.45 bits per heavy atom. The van der Waals surface area contributed by atoms with Crippen LogP contribution in [0.3, 0.4) is 0 Å². The van der Waals surface area contributed by atoms with Crippen molar-refractivity contribution < 1.29 is 5.11 Å². The molecule has 2 aromatic heterocycles. The first-order valence-electron chi connectivity index (χ1n) is 6.91. The third-order valence-corrected chi connectivity index (χ3v) is 5.74. The lowest BCUT2D eigenvalue weighted by atomic mass is 9.95. The summed E-state index contributed by atoms with van der Waals surface area (Å²) >= 11 is 5.26. The maximum Gasteiger partial charge on any atom is 0.102 e. The Balaban J connectivity index is 2.39. The molecule has 0 amide bonds. The van der Waals surface area contributed by atoms with Crippen molar-refractivity contribution in [3.8, 4) is 0 Å². The summed E-state index contributed by atoms with van der Waals surface area (Å²) in [5.41, 5.74) is 2.41. The highest BCUT2D eigenvalue weighted by molar-refractivity contribution is 9.10. The number of rotatable bonds is 5. The Morgan fingerprint density at radius 2 is 2.15 bits per heavy atom. The van der Waals surface area contributed by atoms with Crippen LogP contribution in [0.4, 0.5) is 0 Å². The molecule has 0 bridgehead atoms. The fraction of sp³-hybridized carbons (Fsp3) is 0.533. The monoisotopic (exact) mass is 356 g/mol. The molecule has 2 heterocycles. The average Bonchev–Trinajstić information content (AvgIpc) is 2.95. The van der Waals surface area contributed by atoms with Crippen molar-refractivity contribution in [1.29, 1.82) is 0 Å². The lowest BCUT2D eigenvalue weighted by molar-refractivity contribution is 0.0585. The number of hydrogen-bond acceptors (Lipinski definition) is 3. The Labute approximate surface area is 132 Å². The minimum Gasteiger partial charge on any atom is -0.384 e. The van der Waals surface area contributed by atoms with Crippen LogP contribution in [0.1, 0.15) is 42.6 Å². The van der Waals surface area contributed by atoms with Gasteiger partial charge in [0.2, 0.25) is 0 Å². The van der Waals surface area contributed by atoms with Gasteiger partial charge in [0.15, 0.2) is 0 Å². The highest BCUT2D eigenvalue weighted by atomic mass is 79.9. The lowest BCUT2D eigenvalue weighted by Crippen LogP contribution is -2.25. The second-order valence-electron chi connectivity index (χ2n) is 5.26. The number of nitrogens with zero attached hydrogens (tertiary/aromatic N) is 2. The molecule has 3 nitrogen and oxygen atoms in total. The number of hydrogen-bond donors (Lipinski definition) is 1. The molecule has 0 aliphatic carbocycles. The molecule has 110 valence electrons. The maximum atomic E-state index is 10.9. The van der Waals surface area contributed by atoms with Gasteiger partial charge in [0.1, 0.15) is 5.60 Å². The summed E-state index contributed by atoms with van der Waals surface area (Å²) in [6.45, 7) is 8.92. The predicted octanol–water partition coefficient (Wildman–Crippen LogP) is 4.05. The molecule has 20 heavy (non-hydrogen) atoms. The van der Waals surface area contributed by atoms with Gasteiger partial charge in [-0.1, -0.05) is 6.92 Å². The van der Waals surface area contributed by atoms with E-state index in [-0.39, 0.29) is 0 Å². The van der Waals surface area contributed by atoms with Crippen molar-refractivity contribution in [2.75, 3.05) is 0 Å². The van der Waals surface area contributed by atoms with Gasteiger partial charge >= 0.3 is 0 Å². The predicted molar refractivity (Wildman–Crippen MR) is 87.3 cm³/mol. The van der Waals surface area contributed by atoms with Crippen molar-refractivity contribution in [3.63, 3.8) is 0 Å². The topological polar surface area (TPSA) is 38.0 Å². The van der Waals surface area contributed by atoms with Gasteiger partial charge < -0.3 is 5.11 Å². The summed E-state index contributed by atoms with van der Waals surface area (Å²) in [4.78, 5) is 1.03. The summed E-state index contributed by atoms with van der Waals surface area (Å²) < 4.78 is 3.02. The molecule has 0 aromatic carbocycles. The summed E-state index contributed by atoms with van der Waals surface area (Å²) in [5, 5.41) is 17.5. The van der Waals surface area contributed by atoms with Crippen LogP contribution in [0.2, 0.25) is 0 Å². The van der Waals surface area contributed by atoms with Gasteiger partial charge in [0.05, 0.1) is 15.9 Å². The Bertz CT molecular complexity index is 601. The van der Waals surface area contributed by atoms with Crippen LogP contribution in [0, 0.1) is 6.92 Å². The average molecular weight is 357 g/mol. The Kier molecular flexibility index (Phi) is 4.72. The summed E-state index contributed by atoms with van der Waals surface area (Å²) in [6, 6.07) is 2.05. The zero-order chi connectivity index (χ0) is 14.9. The molecule has 1 atom stereocenters. The molecule has 1 N–H and O–H groups in total. The molecular weight excluding hydrogens is 336 g/mol. The second-order valence-corrected chi connectivity index (χ2v) is 6.97. The van der Waals surface area contributed by atoms with Crippen molar-refractivity contribution in [3.05, 3.63) is 37.7 Å². The molecule has 0 saturated heterocycles. The van der Waals surface area contributed by atoms with E-state index in [9.17, 15) is 5.11 Å². The van der Waals surface area contributed by atoms with Gasteiger partial charge in [-0.15, -0.1) is 11.3 Å². The summed E-state index contributed by atoms with van der Waals surface area (Å²) in [6.07, 6.45) is 1.45. The molecule has 5 heteroatoms. The zero-order valence-corrected chi connectivity index (χ0v) is 14.8. The van der Waals surface area contributed by atoms with Crippen molar-refractivity contribution >= 4 is 27.3 Å². The van der Waals surface area contributed by atoms with E-state index >= 15 is 0 Å². The maximum absolute atomic E-state index is 10.9. The van der Waals surface area contributed by atoms with Crippen LogP contribution in [0.25, 0.3) is 0 Å². The number of halogens is 1. The van der Waals surface area contributed by atoms with Gasteiger partial charge in [0, 0.05) is 17.8 Å². The van der Waals surface area contributed by atoms with Crippen LogP contribution in [-0.2, 0) is 25.0 Å². The molecular formula is C15H21BrN2OS. The molecule has 0 radical (unpaired) electrons. The van der Waals surface area contributed by atoms with Crippen LogP contribution < -0.4 is 0 Å². The number of aromatic nitrogens is 2. The quantitative estimate of drug-likeness (QED) is 0.877. The molecule has 0 aliphatic rings. The largest absolute Gasteiger partial charge is 0.384 e. The fourth-order valence-electron chi connectivity index (χ4n) is 2.52. The number of aliphatic hydroxyl groups is 1. The summed E-state index contributed by atoms with van der Waals surface area (Å²) in [7, 11) is 0. The molecule has 2 aromatic rings. The van der Waals surface area contributed by atoms with Gasteiger partial charge in [-0.3, -0.25) is 4.68 Å². The molecule has 2 rings (SSSR count). The van der Waals surface area contributed by atoms with Gasteiger partial charge in [-0.25, -0.2) is 0 Å². The first-order valence-corrected chi connectivity index (χ1v) is 8.59. The van der Waals surface area contributed by atoms with Gasteiger partial charge in [-0.05, 0) is 60.1 Å². The molecule has 0 fully saturated rings. The van der Waals surface area contributed by atoms with E-state index in [1.54, 1.807) is 11.3 Å². The van der Waals surface area contributed by atoms with E-state index in [4.69, 9.17) is 0 Å². The molecule has 0 aliphatic heterocycles. The fourth-order valence-corrected chi connectivity index (χ4v) is 4.21. The summed E-state index contributed by atoms with van der Waals surface area (Å²) in [5.74, 6) is 0. The minimum atomic E-state index is -0.862. The van der Waals surface area contributed by atoms with Crippen molar-refractivity contribution in [2.24, 2.45) is 0 Å². The minimum absolute atomic E-state index is 0.565. The molecule has 0 saturated carbocycles. The lowest BCUT2D eigenvalue weighted by Gasteiger charge is -2.23. The second kappa shape index (κ2) is 6.00. The van der Waals surface area contributed by atoms with Crippen LogP contribution in [0.5, 0.6) is 0 Å². The Hall–Kier alpha value is -0.650. The smallest absolute Gasteiger partial charge is 0.102 e. The third kappa shape index (κ3) is 2.85. The number of aryl methyl sites for hydroxylation is 3. The highest BCUT2D eigenvalue weighted by Crippen LogP contribution is 2.34. The molecule has 0 spiro atoms. The van der Waals surface area contributed by atoms with Crippen LogP contribution in [-0.4, -0.2) is 14.9 Å². The van der Waals surface area contributed by atoms with E-state index in [0.717, 1.165) is 39.3 Å². The van der Waals surface area contributed by atoms with Crippen molar-refractivity contribution in [2.45, 2.75) is 52.7 Å². The van der Waals surface area contributed by atoms with Crippen LogP contribution in [0.15, 0.2) is 15.9 Å². The van der Waals surface area contributed by atoms with Gasteiger partial charge in [-0.2, -0.15) is 5.10 Å². The van der Waals surface area contributed by atoms with E-state index < -0.39 is 5.60 Å². The number of thiophene rings is 1. The Morgan fingerprint density at radius 3 is 2.65 bits per heavy atom. The van der Waals surface area contributed by atoms with E-state index in [2.05, 4.69) is 40.9 Å². The van der Waals surface area contributed by atoms with Crippen molar-refractivity contribution in [1.82, 2.24) is 9.78 Å². The normalized spacial score (nSPS) is 14.5. The van der Waals surface area contributed by atoms with E-state index in [1.165, 1.54) is 0 Å². The molecule has 1 unspecified atom stereocenters. The SMILES string of the molecule is CCc1nn(CC)c(CC(C)(O)c2sccc2C)c1Br. The van der Waals surface area contributed by atoms with Gasteiger partial charge in [0.25, 0.3) is 0 Å².